The normalized spacial score (nSPS) is 14.8. The quantitative estimate of drug-likeness (QED) is 0.829. The second kappa shape index (κ2) is 4.32. The van der Waals surface area contributed by atoms with Gasteiger partial charge in [-0.05, 0) is 12.1 Å². The molecule has 1 atom stereocenters. The molecule has 2 aromatic rings. The van der Waals surface area contributed by atoms with Crippen LogP contribution in [0.4, 0.5) is 0 Å². The highest BCUT2D eigenvalue weighted by Gasteiger charge is 2.16. The maximum absolute atomic E-state index is 9.12. The van der Waals surface area contributed by atoms with Gasteiger partial charge in [-0.15, -0.1) is 0 Å². The standard InChI is InChI=1S/C12H13N3O3/c13-9(5-16)10-4-14-6-15(10)8-1-2-11-12(3-8)18-7-17-11/h1-4,6,9,16H,5,7,13H2. The molecule has 3 N–H and O–H groups in total. The average molecular weight is 247 g/mol. The Balaban J connectivity index is 2.02. The summed E-state index contributed by atoms with van der Waals surface area (Å²) < 4.78 is 12.4. The molecule has 1 unspecified atom stereocenters. The SMILES string of the molecule is NC(CO)c1cncn1-c1ccc2c(c1)OCO2. The van der Waals surface area contributed by atoms with Crippen LogP contribution in [0.15, 0.2) is 30.7 Å². The number of aromatic nitrogens is 2. The molecule has 0 fully saturated rings. The van der Waals surface area contributed by atoms with Crippen LogP contribution in [-0.4, -0.2) is 28.1 Å². The van der Waals surface area contributed by atoms with E-state index in [0.29, 0.717) is 5.75 Å². The maximum Gasteiger partial charge on any atom is 0.231 e. The van der Waals surface area contributed by atoms with Gasteiger partial charge in [-0.1, -0.05) is 0 Å². The number of nitrogens with zero attached hydrogens (tertiary/aromatic N) is 2. The summed E-state index contributed by atoms with van der Waals surface area (Å²) in [5.41, 5.74) is 7.44. The fourth-order valence-corrected chi connectivity index (χ4v) is 1.92. The summed E-state index contributed by atoms with van der Waals surface area (Å²) in [5.74, 6) is 1.43. The molecule has 3 rings (SSSR count). The van der Waals surface area contributed by atoms with Crippen LogP contribution in [0.25, 0.3) is 5.69 Å². The topological polar surface area (TPSA) is 82.5 Å². The number of hydrogen-bond donors (Lipinski definition) is 2. The molecule has 0 aliphatic carbocycles. The average Bonchev–Trinajstić information content (AvgIpc) is 3.05. The number of aliphatic hydroxyl groups excluding tert-OH is 1. The first-order valence-electron chi connectivity index (χ1n) is 5.58. The lowest BCUT2D eigenvalue weighted by Gasteiger charge is -2.12. The van der Waals surface area contributed by atoms with Crippen LogP contribution in [0, 0.1) is 0 Å². The Kier molecular flexibility index (Phi) is 2.66. The van der Waals surface area contributed by atoms with Crippen LogP contribution in [0.2, 0.25) is 0 Å². The van der Waals surface area contributed by atoms with Crippen molar-refractivity contribution >= 4 is 0 Å². The molecular weight excluding hydrogens is 234 g/mol. The molecule has 6 nitrogen and oxygen atoms in total. The molecule has 0 saturated heterocycles. The van der Waals surface area contributed by atoms with E-state index in [-0.39, 0.29) is 13.4 Å². The van der Waals surface area contributed by atoms with E-state index in [4.69, 9.17) is 20.3 Å². The van der Waals surface area contributed by atoms with Crippen LogP contribution < -0.4 is 15.2 Å². The van der Waals surface area contributed by atoms with Gasteiger partial charge >= 0.3 is 0 Å². The maximum atomic E-state index is 9.12. The smallest absolute Gasteiger partial charge is 0.231 e. The lowest BCUT2D eigenvalue weighted by molar-refractivity contribution is 0.174. The van der Waals surface area contributed by atoms with E-state index in [9.17, 15) is 0 Å². The van der Waals surface area contributed by atoms with Crippen LogP contribution in [0.5, 0.6) is 11.5 Å². The molecule has 0 bridgehead atoms. The number of ether oxygens (including phenoxy) is 2. The molecule has 2 heterocycles. The predicted molar refractivity (Wildman–Crippen MR) is 63.7 cm³/mol. The Labute approximate surface area is 104 Å². The summed E-state index contributed by atoms with van der Waals surface area (Å²) in [6.07, 6.45) is 3.30. The third-order valence-corrected chi connectivity index (χ3v) is 2.88. The molecule has 1 aliphatic heterocycles. The van der Waals surface area contributed by atoms with Gasteiger partial charge in [0.15, 0.2) is 11.5 Å². The van der Waals surface area contributed by atoms with Crippen molar-refractivity contribution in [3.05, 3.63) is 36.4 Å². The molecule has 1 aromatic heterocycles. The van der Waals surface area contributed by atoms with Crippen molar-refractivity contribution in [2.75, 3.05) is 13.4 Å². The number of aliphatic hydroxyl groups is 1. The number of rotatable bonds is 3. The second-order valence-corrected chi connectivity index (χ2v) is 4.02. The molecule has 18 heavy (non-hydrogen) atoms. The molecule has 1 aromatic carbocycles. The summed E-state index contributed by atoms with van der Waals surface area (Å²) in [7, 11) is 0. The van der Waals surface area contributed by atoms with Crippen LogP contribution in [-0.2, 0) is 0 Å². The monoisotopic (exact) mass is 247 g/mol. The molecule has 1 aliphatic rings. The molecule has 0 spiro atoms. The molecule has 0 saturated carbocycles. The molecular formula is C12H13N3O3. The highest BCUT2D eigenvalue weighted by molar-refractivity contribution is 5.50. The Bertz CT molecular complexity index is 567. The zero-order chi connectivity index (χ0) is 12.5. The van der Waals surface area contributed by atoms with E-state index in [0.717, 1.165) is 17.1 Å². The fourth-order valence-electron chi connectivity index (χ4n) is 1.92. The first kappa shape index (κ1) is 11.1. The van der Waals surface area contributed by atoms with E-state index in [1.165, 1.54) is 0 Å². The van der Waals surface area contributed by atoms with E-state index in [2.05, 4.69) is 4.98 Å². The molecule has 6 heteroatoms. The van der Waals surface area contributed by atoms with Crippen molar-refractivity contribution in [1.29, 1.82) is 0 Å². The van der Waals surface area contributed by atoms with Gasteiger partial charge in [0.2, 0.25) is 6.79 Å². The third kappa shape index (κ3) is 1.71. The minimum Gasteiger partial charge on any atom is -0.454 e. The Morgan fingerprint density at radius 1 is 1.39 bits per heavy atom. The van der Waals surface area contributed by atoms with Crippen molar-refractivity contribution < 1.29 is 14.6 Å². The minimum atomic E-state index is -0.460. The summed E-state index contributed by atoms with van der Waals surface area (Å²) in [4.78, 5) is 4.06. The van der Waals surface area contributed by atoms with Gasteiger partial charge in [0.05, 0.1) is 36.6 Å². The van der Waals surface area contributed by atoms with Crippen molar-refractivity contribution in [2.24, 2.45) is 5.73 Å². The number of nitrogens with two attached hydrogens (primary N) is 1. The molecule has 0 amide bonds. The van der Waals surface area contributed by atoms with Gasteiger partial charge in [0.25, 0.3) is 0 Å². The van der Waals surface area contributed by atoms with Gasteiger partial charge in [-0.3, -0.25) is 0 Å². The third-order valence-electron chi connectivity index (χ3n) is 2.88. The zero-order valence-electron chi connectivity index (χ0n) is 9.61. The summed E-state index contributed by atoms with van der Waals surface area (Å²) in [6, 6.07) is 5.13. The van der Waals surface area contributed by atoms with Crippen LogP contribution >= 0.6 is 0 Å². The lowest BCUT2D eigenvalue weighted by atomic mass is 10.2. The van der Waals surface area contributed by atoms with E-state index in [1.807, 2.05) is 22.8 Å². The first-order chi connectivity index (χ1) is 8.79. The highest BCUT2D eigenvalue weighted by Crippen LogP contribution is 2.34. The molecule has 0 radical (unpaired) electrons. The fraction of sp³-hybridized carbons (Fsp3) is 0.250. The van der Waals surface area contributed by atoms with Gasteiger partial charge < -0.3 is 24.9 Å². The van der Waals surface area contributed by atoms with Crippen LogP contribution in [0.3, 0.4) is 0 Å². The van der Waals surface area contributed by atoms with E-state index >= 15 is 0 Å². The van der Waals surface area contributed by atoms with Crippen molar-refractivity contribution in [2.45, 2.75) is 6.04 Å². The molecule has 94 valence electrons. The van der Waals surface area contributed by atoms with E-state index < -0.39 is 6.04 Å². The summed E-state index contributed by atoms with van der Waals surface area (Å²) >= 11 is 0. The number of imidazole rings is 1. The van der Waals surface area contributed by atoms with Gasteiger partial charge in [0.1, 0.15) is 0 Å². The zero-order valence-corrected chi connectivity index (χ0v) is 9.61. The Morgan fingerprint density at radius 2 is 2.22 bits per heavy atom. The van der Waals surface area contributed by atoms with E-state index in [1.54, 1.807) is 12.5 Å². The lowest BCUT2D eigenvalue weighted by Crippen LogP contribution is -2.18. The number of fused-ring (bicyclic) bond motifs is 1. The number of hydrogen-bond acceptors (Lipinski definition) is 5. The Morgan fingerprint density at radius 3 is 3.06 bits per heavy atom. The second-order valence-electron chi connectivity index (χ2n) is 4.02. The minimum absolute atomic E-state index is 0.129. The summed E-state index contributed by atoms with van der Waals surface area (Å²) in [5, 5.41) is 9.12. The van der Waals surface area contributed by atoms with Crippen molar-refractivity contribution in [3.8, 4) is 17.2 Å². The summed E-state index contributed by atoms with van der Waals surface area (Å²) in [6.45, 7) is 0.113. The number of benzene rings is 1. The first-order valence-corrected chi connectivity index (χ1v) is 5.58. The van der Waals surface area contributed by atoms with Crippen molar-refractivity contribution in [3.63, 3.8) is 0 Å². The Hall–Kier alpha value is -2.05. The van der Waals surface area contributed by atoms with Gasteiger partial charge in [-0.25, -0.2) is 4.98 Å². The predicted octanol–water partition coefficient (Wildman–Crippen LogP) is 0.593. The van der Waals surface area contributed by atoms with Gasteiger partial charge in [-0.2, -0.15) is 0 Å². The van der Waals surface area contributed by atoms with Gasteiger partial charge in [0, 0.05) is 6.07 Å². The largest absolute Gasteiger partial charge is 0.454 e. The van der Waals surface area contributed by atoms with Crippen molar-refractivity contribution in [1.82, 2.24) is 9.55 Å². The highest BCUT2D eigenvalue weighted by atomic mass is 16.7. The van der Waals surface area contributed by atoms with Crippen LogP contribution in [0.1, 0.15) is 11.7 Å².